The molecular weight excluding hydrogens is 314 g/mol. The van der Waals surface area contributed by atoms with Gasteiger partial charge < -0.3 is 5.73 Å². The monoisotopic (exact) mass is 327 g/mol. The van der Waals surface area contributed by atoms with Gasteiger partial charge in [-0.05, 0) is 30.7 Å². The SMILES string of the molecule is Cc1ccccc1-n1cc(N)c(-c2ccc(Br)cc2)n1. The molecule has 3 nitrogen and oxygen atoms in total. The van der Waals surface area contributed by atoms with Crippen LogP contribution in [0.1, 0.15) is 5.56 Å². The minimum absolute atomic E-state index is 0.676. The first-order chi connectivity index (χ1) is 9.65. The first-order valence-corrected chi connectivity index (χ1v) is 7.11. The lowest BCUT2D eigenvalue weighted by Crippen LogP contribution is -1.97. The van der Waals surface area contributed by atoms with Crippen LogP contribution in [-0.2, 0) is 0 Å². The smallest absolute Gasteiger partial charge is 0.116 e. The Morgan fingerprint density at radius 1 is 1.05 bits per heavy atom. The van der Waals surface area contributed by atoms with Gasteiger partial charge in [0.05, 0.1) is 17.6 Å². The summed E-state index contributed by atoms with van der Waals surface area (Å²) in [7, 11) is 0. The maximum absolute atomic E-state index is 6.10. The molecule has 20 heavy (non-hydrogen) atoms. The molecule has 3 rings (SSSR count). The molecule has 0 aliphatic carbocycles. The minimum Gasteiger partial charge on any atom is -0.396 e. The summed E-state index contributed by atoms with van der Waals surface area (Å²) in [6.07, 6.45) is 1.86. The highest BCUT2D eigenvalue weighted by molar-refractivity contribution is 9.10. The lowest BCUT2D eigenvalue weighted by molar-refractivity contribution is 0.876. The topological polar surface area (TPSA) is 43.8 Å². The zero-order valence-electron chi connectivity index (χ0n) is 11.0. The van der Waals surface area contributed by atoms with Crippen molar-refractivity contribution in [1.29, 1.82) is 0 Å². The fourth-order valence-electron chi connectivity index (χ4n) is 2.16. The molecule has 1 aromatic heterocycles. The summed E-state index contributed by atoms with van der Waals surface area (Å²) in [5.74, 6) is 0. The van der Waals surface area contributed by atoms with E-state index in [9.17, 15) is 0 Å². The van der Waals surface area contributed by atoms with Gasteiger partial charge in [-0.25, -0.2) is 4.68 Å². The van der Waals surface area contributed by atoms with Gasteiger partial charge in [-0.15, -0.1) is 0 Å². The van der Waals surface area contributed by atoms with Crippen LogP contribution in [-0.4, -0.2) is 9.78 Å². The maximum Gasteiger partial charge on any atom is 0.116 e. The highest BCUT2D eigenvalue weighted by Gasteiger charge is 2.10. The summed E-state index contributed by atoms with van der Waals surface area (Å²) >= 11 is 3.43. The van der Waals surface area contributed by atoms with Gasteiger partial charge in [0.15, 0.2) is 0 Å². The van der Waals surface area contributed by atoms with E-state index in [1.54, 1.807) is 0 Å². The normalized spacial score (nSPS) is 10.7. The number of aryl methyl sites for hydroxylation is 1. The molecule has 0 unspecified atom stereocenters. The van der Waals surface area contributed by atoms with Gasteiger partial charge in [0, 0.05) is 10.0 Å². The van der Waals surface area contributed by atoms with Crippen molar-refractivity contribution >= 4 is 21.6 Å². The van der Waals surface area contributed by atoms with Gasteiger partial charge in [0.1, 0.15) is 5.69 Å². The van der Waals surface area contributed by atoms with E-state index < -0.39 is 0 Å². The van der Waals surface area contributed by atoms with Gasteiger partial charge in [0.25, 0.3) is 0 Å². The zero-order chi connectivity index (χ0) is 14.1. The summed E-state index contributed by atoms with van der Waals surface area (Å²) in [5, 5.41) is 4.62. The first-order valence-electron chi connectivity index (χ1n) is 6.32. The molecule has 4 heteroatoms. The summed E-state index contributed by atoms with van der Waals surface area (Å²) < 4.78 is 2.88. The predicted molar refractivity (Wildman–Crippen MR) is 85.8 cm³/mol. The largest absolute Gasteiger partial charge is 0.396 e. The maximum atomic E-state index is 6.10. The number of nitrogen functional groups attached to an aromatic ring is 1. The third kappa shape index (κ3) is 2.34. The van der Waals surface area contributed by atoms with Gasteiger partial charge in [0.2, 0.25) is 0 Å². The van der Waals surface area contributed by atoms with Gasteiger partial charge in [-0.1, -0.05) is 46.3 Å². The Morgan fingerprint density at radius 2 is 1.75 bits per heavy atom. The van der Waals surface area contributed by atoms with Crippen LogP contribution in [0.15, 0.2) is 59.2 Å². The second-order valence-corrected chi connectivity index (χ2v) is 5.59. The van der Waals surface area contributed by atoms with Crippen molar-refractivity contribution < 1.29 is 0 Å². The van der Waals surface area contributed by atoms with E-state index >= 15 is 0 Å². The number of hydrogen-bond donors (Lipinski definition) is 1. The Hall–Kier alpha value is -2.07. The fourth-order valence-corrected chi connectivity index (χ4v) is 2.43. The van der Waals surface area contributed by atoms with E-state index in [0.717, 1.165) is 27.0 Å². The molecule has 1 heterocycles. The number of para-hydroxylation sites is 1. The Morgan fingerprint density at radius 3 is 2.45 bits per heavy atom. The third-order valence-electron chi connectivity index (χ3n) is 3.22. The number of halogens is 1. The van der Waals surface area contributed by atoms with Gasteiger partial charge >= 0.3 is 0 Å². The first kappa shape index (κ1) is 12.9. The molecule has 100 valence electrons. The van der Waals surface area contributed by atoms with Crippen LogP contribution >= 0.6 is 15.9 Å². The van der Waals surface area contributed by atoms with E-state index in [4.69, 9.17) is 5.73 Å². The summed E-state index contributed by atoms with van der Waals surface area (Å²) in [5.41, 5.74) is 10.8. The van der Waals surface area contributed by atoms with Crippen molar-refractivity contribution in [2.45, 2.75) is 6.92 Å². The molecule has 3 aromatic rings. The lowest BCUT2D eigenvalue weighted by atomic mass is 10.1. The Labute approximate surface area is 126 Å². The van der Waals surface area contributed by atoms with Gasteiger partial charge in [-0.3, -0.25) is 0 Å². The molecule has 0 amide bonds. The summed E-state index contributed by atoms with van der Waals surface area (Å²) in [6.45, 7) is 2.06. The highest BCUT2D eigenvalue weighted by atomic mass is 79.9. The van der Waals surface area contributed by atoms with Crippen LogP contribution < -0.4 is 5.73 Å². The van der Waals surface area contributed by atoms with Crippen LogP contribution in [0.5, 0.6) is 0 Å². The average Bonchev–Trinajstić information content (AvgIpc) is 2.82. The quantitative estimate of drug-likeness (QED) is 0.766. The van der Waals surface area contributed by atoms with Gasteiger partial charge in [-0.2, -0.15) is 5.10 Å². The number of hydrogen-bond acceptors (Lipinski definition) is 2. The van der Waals surface area contributed by atoms with Crippen LogP contribution in [0, 0.1) is 6.92 Å². The molecule has 0 aliphatic heterocycles. The van der Waals surface area contributed by atoms with Crippen molar-refractivity contribution in [2.24, 2.45) is 0 Å². The van der Waals surface area contributed by atoms with E-state index in [1.807, 2.05) is 53.3 Å². The predicted octanol–water partition coefficient (Wildman–Crippen LogP) is 4.19. The molecule has 0 saturated carbocycles. The van der Waals surface area contributed by atoms with E-state index in [-0.39, 0.29) is 0 Å². The second-order valence-electron chi connectivity index (χ2n) is 4.67. The molecule has 2 N–H and O–H groups in total. The van der Waals surface area contributed by atoms with E-state index in [0.29, 0.717) is 5.69 Å². The average molecular weight is 328 g/mol. The van der Waals surface area contributed by atoms with E-state index in [2.05, 4.69) is 34.0 Å². The number of aromatic nitrogens is 2. The fraction of sp³-hybridized carbons (Fsp3) is 0.0625. The number of rotatable bonds is 2. The number of anilines is 1. The Balaban J connectivity index is 2.08. The standard InChI is InChI=1S/C16H14BrN3/c1-11-4-2-3-5-15(11)20-10-14(18)16(19-20)12-6-8-13(17)9-7-12/h2-10H,18H2,1H3. The summed E-state index contributed by atoms with van der Waals surface area (Å²) in [4.78, 5) is 0. The van der Waals surface area contributed by atoms with Crippen LogP contribution in [0.2, 0.25) is 0 Å². The molecular formula is C16H14BrN3. The highest BCUT2D eigenvalue weighted by Crippen LogP contribution is 2.27. The molecule has 0 bridgehead atoms. The van der Waals surface area contributed by atoms with E-state index in [1.165, 1.54) is 0 Å². The van der Waals surface area contributed by atoms with Crippen LogP contribution in [0.3, 0.4) is 0 Å². The number of benzene rings is 2. The van der Waals surface area contributed by atoms with Crippen molar-refractivity contribution in [1.82, 2.24) is 9.78 Å². The molecule has 0 fully saturated rings. The lowest BCUT2D eigenvalue weighted by Gasteiger charge is -2.04. The van der Waals surface area contributed by atoms with Crippen molar-refractivity contribution in [3.63, 3.8) is 0 Å². The second kappa shape index (κ2) is 5.13. The molecule has 2 aromatic carbocycles. The molecule has 0 saturated heterocycles. The number of nitrogens with zero attached hydrogens (tertiary/aromatic N) is 2. The third-order valence-corrected chi connectivity index (χ3v) is 3.75. The zero-order valence-corrected chi connectivity index (χ0v) is 12.6. The van der Waals surface area contributed by atoms with Crippen molar-refractivity contribution in [3.8, 4) is 16.9 Å². The molecule has 0 spiro atoms. The Bertz CT molecular complexity index is 745. The molecule has 0 atom stereocenters. The van der Waals surface area contributed by atoms with Crippen molar-refractivity contribution in [3.05, 3.63) is 64.8 Å². The van der Waals surface area contributed by atoms with Crippen LogP contribution in [0.4, 0.5) is 5.69 Å². The molecule has 0 radical (unpaired) electrons. The van der Waals surface area contributed by atoms with Crippen molar-refractivity contribution in [2.75, 3.05) is 5.73 Å². The molecule has 0 aliphatic rings. The minimum atomic E-state index is 0.676. The summed E-state index contributed by atoms with van der Waals surface area (Å²) in [6, 6.07) is 16.1. The number of nitrogens with two attached hydrogens (primary N) is 1. The Kier molecular flexibility index (Phi) is 3.32. The van der Waals surface area contributed by atoms with Crippen LogP contribution in [0.25, 0.3) is 16.9 Å².